The molecule has 0 aromatic carbocycles. The zero-order valence-electron chi connectivity index (χ0n) is 12.5. The van der Waals surface area contributed by atoms with Gasteiger partial charge in [0.15, 0.2) is 0 Å². The standard InChI is InChI=1S/C5H9ClO.C5H10O2.CH3F.Cl2OS/c2*1-2-3-4-5(6)7;1-2;1-4(2)3/h2-4H2,1H3;2-4H2,1H3,(H,6,7);1H3;/i;;1D;. The number of carbonyl (C=O) groups excluding carboxylic acids is 1. The van der Waals surface area contributed by atoms with Crippen molar-refractivity contribution in [2.24, 2.45) is 0 Å². The monoisotopic (exact) mass is 375 g/mol. The molecule has 0 spiro atoms. The van der Waals surface area contributed by atoms with Crippen LogP contribution in [-0.4, -0.2) is 27.7 Å². The van der Waals surface area contributed by atoms with E-state index in [0.717, 1.165) is 25.7 Å². The minimum absolute atomic E-state index is 0.221. The third-order valence-electron chi connectivity index (χ3n) is 1.47. The van der Waals surface area contributed by atoms with Crippen LogP contribution in [0.4, 0.5) is 4.39 Å². The first-order chi connectivity index (χ1) is 9.69. The lowest BCUT2D eigenvalue weighted by Gasteiger charge is -1.85. The largest absolute Gasteiger partial charge is 0.481 e. The molecule has 0 aliphatic heterocycles. The summed E-state index contributed by atoms with van der Waals surface area (Å²) in [6, 6.07) is 0. The van der Waals surface area contributed by atoms with Gasteiger partial charge in [-0.1, -0.05) is 26.7 Å². The highest BCUT2D eigenvalue weighted by Gasteiger charge is 1.91. The summed E-state index contributed by atoms with van der Waals surface area (Å²) in [7, 11) is 6.36. The zero-order valence-corrected chi connectivity index (χ0v) is 14.6. The van der Waals surface area contributed by atoms with Crippen molar-refractivity contribution in [2.45, 2.75) is 52.4 Å². The molecule has 0 bridgehead atoms. The Morgan fingerprint density at radius 3 is 1.60 bits per heavy atom. The number of hydrogen-bond donors (Lipinski definition) is 1. The molecule has 0 radical (unpaired) electrons. The number of hydrogen-bond acceptors (Lipinski definition) is 3. The topological polar surface area (TPSA) is 71.4 Å². The molecule has 0 amide bonds. The van der Waals surface area contributed by atoms with Crippen molar-refractivity contribution in [2.75, 3.05) is 7.15 Å². The fraction of sp³-hybridized carbons (Fsp3) is 0.818. The molecular weight excluding hydrogens is 354 g/mol. The van der Waals surface area contributed by atoms with Crippen LogP contribution in [0.3, 0.4) is 0 Å². The third kappa shape index (κ3) is 80.7. The normalized spacial score (nSPS) is 8.85. The van der Waals surface area contributed by atoms with Crippen LogP contribution in [-0.2, 0) is 18.8 Å². The molecule has 124 valence electrons. The molecular formula is C11H22Cl3FO4S. The minimum atomic E-state index is -1.67. The minimum Gasteiger partial charge on any atom is -0.481 e. The van der Waals surface area contributed by atoms with E-state index in [9.17, 15) is 14.0 Å². The highest BCUT2D eigenvalue weighted by molar-refractivity contribution is 8.26. The maximum absolute atomic E-state index is 9.97. The SMILES string of the molecule is CCCCC(=O)Cl.CCCCC(=O)O.O=S(Cl)Cl.[2H]CF. The summed E-state index contributed by atoms with van der Waals surface area (Å²) >= 11 is 5.02. The molecule has 0 rings (SSSR count). The Hall–Kier alpha value is 0.0900. The van der Waals surface area contributed by atoms with Crippen LogP contribution in [0.5, 0.6) is 0 Å². The lowest BCUT2D eigenvalue weighted by atomic mass is 10.3. The molecule has 0 unspecified atom stereocenters. The maximum atomic E-state index is 9.97. The zero-order chi connectivity index (χ0) is 17.7. The van der Waals surface area contributed by atoms with Crippen molar-refractivity contribution >= 4 is 53.4 Å². The average Bonchev–Trinajstić information content (AvgIpc) is 2.34. The fourth-order valence-electron chi connectivity index (χ4n) is 0.644. The average molecular weight is 377 g/mol. The number of carbonyl (C=O) groups is 2. The molecule has 0 saturated carbocycles. The van der Waals surface area contributed by atoms with E-state index in [2.05, 4.69) is 21.4 Å². The van der Waals surface area contributed by atoms with Gasteiger partial charge in [-0.2, -0.15) is 0 Å². The van der Waals surface area contributed by atoms with Gasteiger partial charge in [-0.05, 0) is 24.4 Å². The molecule has 0 aliphatic carbocycles. The number of aliphatic carboxylic acids is 1. The van der Waals surface area contributed by atoms with E-state index in [1.54, 1.807) is 0 Å². The van der Waals surface area contributed by atoms with E-state index in [1.165, 1.54) is 0 Å². The molecule has 0 fully saturated rings. The van der Waals surface area contributed by atoms with Gasteiger partial charge in [0, 0.05) is 34.2 Å². The lowest BCUT2D eigenvalue weighted by molar-refractivity contribution is -0.137. The van der Waals surface area contributed by atoms with Crippen LogP contribution in [0.2, 0.25) is 0 Å². The van der Waals surface area contributed by atoms with Crippen LogP contribution in [0, 0.1) is 0 Å². The fourth-order valence-corrected chi connectivity index (χ4v) is 0.777. The van der Waals surface area contributed by atoms with E-state index in [1.807, 2.05) is 13.8 Å². The molecule has 0 aromatic rings. The summed E-state index contributed by atoms with van der Waals surface area (Å²) in [6.07, 6.45) is 4.57. The van der Waals surface area contributed by atoms with Gasteiger partial charge in [0.05, 0.1) is 8.52 Å². The molecule has 4 nitrogen and oxygen atoms in total. The summed E-state index contributed by atoms with van der Waals surface area (Å²) in [5.74, 6) is -0.693. The Morgan fingerprint density at radius 2 is 1.50 bits per heavy atom. The maximum Gasteiger partial charge on any atom is 0.303 e. The molecule has 0 atom stereocenters. The van der Waals surface area contributed by atoms with E-state index in [4.69, 9.17) is 22.3 Å². The Morgan fingerprint density at radius 1 is 1.20 bits per heavy atom. The number of unbranched alkanes of at least 4 members (excludes halogenated alkanes) is 2. The Bertz CT molecular complexity index is 240. The predicted molar refractivity (Wildman–Crippen MR) is 84.4 cm³/mol. The van der Waals surface area contributed by atoms with E-state index >= 15 is 0 Å². The second-order valence-corrected chi connectivity index (χ2v) is 6.09. The van der Waals surface area contributed by atoms with Crippen molar-refractivity contribution in [1.82, 2.24) is 0 Å². The van der Waals surface area contributed by atoms with Crippen LogP contribution < -0.4 is 0 Å². The summed E-state index contributed by atoms with van der Waals surface area (Å²) < 4.78 is 24.6. The van der Waals surface area contributed by atoms with E-state index in [0.29, 0.717) is 12.8 Å². The Balaban J connectivity index is -0.0000000973. The highest BCUT2D eigenvalue weighted by Crippen LogP contribution is 1.96. The number of alkyl halides is 1. The van der Waals surface area contributed by atoms with E-state index in [-0.39, 0.29) is 5.24 Å². The number of carboxylic acid groups (broad SMARTS) is 1. The third-order valence-corrected chi connectivity index (χ3v) is 1.66. The predicted octanol–water partition coefficient (Wildman–Crippen LogP) is 4.83. The van der Waals surface area contributed by atoms with Gasteiger partial charge in [-0.3, -0.25) is 14.0 Å². The van der Waals surface area contributed by atoms with Gasteiger partial charge in [0.25, 0.3) is 0 Å². The molecule has 0 aliphatic rings. The van der Waals surface area contributed by atoms with Crippen LogP contribution in [0.25, 0.3) is 0 Å². The van der Waals surface area contributed by atoms with E-state index < -0.39 is 22.3 Å². The summed E-state index contributed by atoms with van der Waals surface area (Å²) in [5.41, 5.74) is 0. The van der Waals surface area contributed by atoms with Gasteiger partial charge >= 0.3 is 5.97 Å². The first-order valence-corrected chi connectivity index (χ1v) is 8.86. The highest BCUT2D eigenvalue weighted by atomic mass is 36.0. The quantitative estimate of drug-likeness (QED) is 0.674. The smallest absolute Gasteiger partial charge is 0.303 e. The number of rotatable bonds is 6. The van der Waals surface area contributed by atoms with Crippen LogP contribution in [0.15, 0.2) is 0 Å². The number of carboxylic acids is 1. The van der Waals surface area contributed by atoms with Gasteiger partial charge in [-0.15, -0.1) is 0 Å². The molecule has 0 aromatic heterocycles. The van der Waals surface area contributed by atoms with Gasteiger partial charge in [0.2, 0.25) is 14.5 Å². The Labute approximate surface area is 137 Å². The molecule has 20 heavy (non-hydrogen) atoms. The van der Waals surface area contributed by atoms with Gasteiger partial charge < -0.3 is 5.11 Å². The first kappa shape index (κ1) is 25.1. The summed E-state index contributed by atoms with van der Waals surface area (Å²) in [6.45, 7) is 4.00. The molecule has 9 heteroatoms. The van der Waals surface area contributed by atoms with Gasteiger partial charge in [0.1, 0.15) is 0 Å². The second-order valence-electron chi connectivity index (χ2n) is 3.14. The van der Waals surface area contributed by atoms with Crippen LogP contribution >= 0.6 is 33.0 Å². The van der Waals surface area contributed by atoms with Crippen molar-refractivity contribution < 1.29 is 24.7 Å². The summed E-state index contributed by atoms with van der Waals surface area (Å²) in [5, 5.41) is 7.82. The van der Waals surface area contributed by atoms with Crippen LogP contribution in [0.1, 0.15) is 53.7 Å². The lowest BCUT2D eigenvalue weighted by Crippen LogP contribution is -1.91. The molecule has 0 saturated heterocycles. The van der Waals surface area contributed by atoms with Crippen molar-refractivity contribution in [1.29, 1.82) is 0 Å². The first-order valence-electron chi connectivity index (χ1n) is 6.39. The van der Waals surface area contributed by atoms with Crippen molar-refractivity contribution in [3.8, 4) is 0 Å². The van der Waals surface area contributed by atoms with Gasteiger partial charge in [-0.25, -0.2) is 4.21 Å². The number of halogens is 4. The Kier molecular flexibility index (Phi) is 34.4. The van der Waals surface area contributed by atoms with Crippen molar-refractivity contribution in [3.05, 3.63) is 0 Å². The molecule has 0 heterocycles. The molecule has 1 N–H and O–H groups in total. The van der Waals surface area contributed by atoms with Crippen molar-refractivity contribution in [3.63, 3.8) is 0 Å². The second kappa shape index (κ2) is 27.4. The summed E-state index contributed by atoms with van der Waals surface area (Å²) in [4.78, 5) is 19.7.